The van der Waals surface area contributed by atoms with E-state index in [0.29, 0.717) is 12.1 Å². The number of anilines is 1. The van der Waals surface area contributed by atoms with Gasteiger partial charge < -0.3 is 9.73 Å². The van der Waals surface area contributed by atoms with Gasteiger partial charge in [-0.05, 0) is 30.3 Å². The first-order valence-corrected chi connectivity index (χ1v) is 5.55. The van der Waals surface area contributed by atoms with E-state index in [1.807, 2.05) is 24.3 Å². The fourth-order valence-corrected chi connectivity index (χ4v) is 1.72. The lowest BCUT2D eigenvalue weighted by Gasteiger charge is -2.06. The maximum Gasteiger partial charge on any atom is 0.122 e. The molecule has 80 valence electrons. The standard InChI is InChI=1S/C12H9BrN2O/c13-10-3-4-12(9(6-10)7-14)15-8-11-2-1-5-16-11/h1-6,15H,8H2. The molecule has 0 fully saturated rings. The molecule has 1 N–H and O–H groups in total. The summed E-state index contributed by atoms with van der Waals surface area (Å²) >= 11 is 3.33. The first-order chi connectivity index (χ1) is 7.79. The summed E-state index contributed by atoms with van der Waals surface area (Å²) < 4.78 is 6.09. The molecular weight excluding hydrogens is 268 g/mol. The zero-order valence-corrected chi connectivity index (χ0v) is 9.99. The molecule has 2 aromatic rings. The van der Waals surface area contributed by atoms with Crippen molar-refractivity contribution in [1.82, 2.24) is 0 Å². The van der Waals surface area contributed by atoms with E-state index >= 15 is 0 Å². The molecule has 0 saturated heterocycles. The molecule has 0 saturated carbocycles. The summed E-state index contributed by atoms with van der Waals surface area (Å²) in [5, 5.41) is 12.1. The second-order valence-corrected chi connectivity index (χ2v) is 4.15. The monoisotopic (exact) mass is 276 g/mol. The molecule has 0 bridgehead atoms. The van der Waals surface area contributed by atoms with Gasteiger partial charge >= 0.3 is 0 Å². The van der Waals surface area contributed by atoms with Crippen LogP contribution in [0.4, 0.5) is 5.69 Å². The van der Waals surface area contributed by atoms with Crippen LogP contribution >= 0.6 is 15.9 Å². The first kappa shape index (κ1) is 10.8. The van der Waals surface area contributed by atoms with E-state index in [1.165, 1.54) is 0 Å². The third-order valence-corrected chi connectivity index (χ3v) is 2.63. The van der Waals surface area contributed by atoms with Crippen LogP contribution in [0.5, 0.6) is 0 Å². The smallest absolute Gasteiger partial charge is 0.122 e. The summed E-state index contributed by atoms with van der Waals surface area (Å²) in [5.41, 5.74) is 1.42. The van der Waals surface area contributed by atoms with Crippen LogP contribution in [0, 0.1) is 11.3 Å². The Bertz CT molecular complexity index is 514. The second kappa shape index (κ2) is 4.86. The number of furan rings is 1. The van der Waals surface area contributed by atoms with Crippen molar-refractivity contribution >= 4 is 21.6 Å². The Balaban J connectivity index is 2.13. The Hall–Kier alpha value is -1.73. The number of rotatable bonds is 3. The van der Waals surface area contributed by atoms with Crippen LogP contribution in [0.1, 0.15) is 11.3 Å². The van der Waals surface area contributed by atoms with Gasteiger partial charge in [-0.2, -0.15) is 5.26 Å². The number of halogens is 1. The number of hydrogen-bond acceptors (Lipinski definition) is 3. The second-order valence-electron chi connectivity index (χ2n) is 3.23. The lowest BCUT2D eigenvalue weighted by atomic mass is 10.2. The highest BCUT2D eigenvalue weighted by Crippen LogP contribution is 2.20. The molecule has 0 aliphatic heterocycles. The molecule has 1 aromatic carbocycles. The zero-order valence-electron chi connectivity index (χ0n) is 8.40. The van der Waals surface area contributed by atoms with Crippen molar-refractivity contribution in [3.05, 3.63) is 52.4 Å². The van der Waals surface area contributed by atoms with Gasteiger partial charge in [0.2, 0.25) is 0 Å². The van der Waals surface area contributed by atoms with Gasteiger partial charge in [0, 0.05) is 4.47 Å². The first-order valence-electron chi connectivity index (χ1n) is 4.75. The summed E-state index contributed by atoms with van der Waals surface area (Å²) in [5.74, 6) is 0.840. The van der Waals surface area contributed by atoms with Crippen molar-refractivity contribution in [2.45, 2.75) is 6.54 Å². The van der Waals surface area contributed by atoms with Crippen LogP contribution in [0.15, 0.2) is 45.5 Å². The van der Waals surface area contributed by atoms with E-state index in [2.05, 4.69) is 27.3 Å². The highest BCUT2D eigenvalue weighted by molar-refractivity contribution is 9.10. The lowest BCUT2D eigenvalue weighted by Crippen LogP contribution is -2.00. The van der Waals surface area contributed by atoms with Crippen molar-refractivity contribution in [1.29, 1.82) is 5.26 Å². The van der Waals surface area contributed by atoms with Crippen molar-refractivity contribution < 1.29 is 4.42 Å². The molecule has 0 atom stereocenters. The molecule has 0 aliphatic rings. The molecular formula is C12H9BrN2O. The summed E-state index contributed by atoms with van der Waals surface area (Å²) in [6, 6.07) is 11.4. The Morgan fingerprint density at radius 1 is 1.38 bits per heavy atom. The van der Waals surface area contributed by atoms with Gasteiger partial charge in [0.05, 0.1) is 24.1 Å². The van der Waals surface area contributed by atoms with E-state index in [4.69, 9.17) is 9.68 Å². The van der Waals surface area contributed by atoms with Crippen LogP contribution in [-0.2, 0) is 6.54 Å². The molecule has 1 aromatic heterocycles. The highest BCUT2D eigenvalue weighted by atomic mass is 79.9. The van der Waals surface area contributed by atoms with Crippen LogP contribution in [0.2, 0.25) is 0 Å². The molecule has 0 amide bonds. The fourth-order valence-electron chi connectivity index (χ4n) is 1.36. The molecule has 0 spiro atoms. The normalized spacial score (nSPS) is 9.75. The van der Waals surface area contributed by atoms with Gasteiger partial charge in [-0.3, -0.25) is 0 Å². The quantitative estimate of drug-likeness (QED) is 0.933. The molecule has 3 nitrogen and oxygen atoms in total. The Kier molecular flexibility index (Phi) is 3.28. The number of nitrogens with zero attached hydrogens (tertiary/aromatic N) is 1. The number of nitrogens with one attached hydrogen (secondary N) is 1. The van der Waals surface area contributed by atoms with Crippen LogP contribution in [0.3, 0.4) is 0 Å². The SMILES string of the molecule is N#Cc1cc(Br)ccc1NCc1ccco1. The van der Waals surface area contributed by atoms with Crippen molar-refractivity contribution in [2.75, 3.05) is 5.32 Å². The van der Waals surface area contributed by atoms with Crippen LogP contribution in [-0.4, -0.2) is 0 Å². The summed E-state index contributed by atoms with van der Waals surface area (Å²) in [6.07, 6.45) is 1.63. The topological polar surface area (TPSA) is 49.0 Å². The van der Waals surface area contributed by atoms with Gasteiger partial charge in [-0.25, -0.2) is 0 Å². The number of hydrogen-bond donors (Lipinski definition) is 1. The van der Waals surface area contributed by atoms with Crippen molar-refractivity contribution in [3.63, 3.8) is 0 Å². The maximum atomic E-state index is 8.97. The molecule has 0 radical (unpaired) electrons. The van der Waals surface area contributed by atoms with E-state index in [9.17, 15) is 0 Å². The largest absolute Gasteiger partial charge is 0.467 e. The minimum Gasteiger partial charge on any atom is -0.467 e. The summed E-state index contributed by atoms with van der Waals surface area (Å²) in [7, 11) is 0. The Labute approximate surface area is 102 Å². The average Bonchev–Trinajstić information content (AvgIpc) is 2.80. The molecule has 16 heavy (non-hydrogen) atoms. The van der Waals surface area contributed by atoms with E-state index in [0.717, 1.165) is 15.9 Å². The van der Waals surface area contributed by atoms with Gasteiger partial charge in [-0.1, -0.05) is 15.9 Å². The maximum absolute atomic E-state index is 8.97. The van der Waals surface area contributed by atoms with Gasteiger partial charge in [0.15, 0.2) is 0 Å². The lowest BCUT2D eigenvalue weighted by molar-refractivity contribution is 0.518. The minimum absolute atomic E-state index is 0.573. The summed E-state index contributed by atoms with van der Waals surface area (Å²) in [4.78, 5) is 0. The van der Waals surface area contributed by atoms with Crippen LogP contribution in [0.25, 0.3) is 0 Å². The number of nitriles is 1. The average molecular weight is 277 g/mol. The summed E-state index contributed by atoms with van der Waals surface area (Å²) in [6.45, 7) is 0.573. The zero-order chi connectivity index (χ0) is 11.4. The molecule has 0 unspecified atom stereocenters. The van der Waals surface area contributed by atoms with Crippen molar-refractivity contribution in [2.24, 2.45) is 0 Å². The highest BCUT2D eigenvalue weighted by Gasteiger charge is 2.03. The third kappa shape index (κ3) is 2.44. The van der Waals surface area contributed by atoms with E-state index in [-0.39, 0.29) is 0 Å². The predicted molar refractivity (Wildman–Crippen MR) is 64.9 cm³/mol. The van der Waals surface area contributed by atoms with Gasteiger partial charge in [0.25, 0.3) is 0 Å². The van der Waals surface area contributed by atoms with Gasteiger partial charge in [-0.15, -0.1) is 0 Å². The van der Waals surface area contributed by atoms with Gasteiger partial charge in [0.1, 0.15) is 11.8 Å². The molecule has 2 rings (SSSR count). The molecule has 0 aliphatic carbocycles. The van der Waals surface area contributed by atoms with E-state index < -0.39 is 0 Å². The van der Waals surface area contributed by atoms with Crippen LogP contribution < -0.4 is 5.32 Å². The molecule has 1 heterocycles. The Morgan fingerprint density at radius 2 is 2.25 bits per heavy atom. The minimum atomic E-state index is 0.573. The van der Waals surface area contributed by atoms with Crippen molar-refractivity contribution in [3.8, 4) is 6.07 Å². The predicted octanol–water partition coefficient (Wildman–Crippen LogP) is 3.53. The molecule has 4 heteroatoms. The van der Waals surface area contributed by atoms with E-state index in [1.54, 1.807) is 12.3 Å². The third-order valence-electron chi connectivity index (χ3n) is 2.14. The number of benzene rings is 1. The fraction of sp³-hybridized carbons (Fsp3) is 0.0833. The Morgan fingerprint density at radius 3 is 2.94 bits per heavy atom.